The van der Waals surface area contributed by atoms with E-state index in [-0.39, 0.29) is 16.9 Å². The molecule has 0 spiro atoms. The number of likely N-dealkylation sites (N-methyl/N-ethyl adjacent to an activating group) is 1. The Kier molecular flexibility index (Phi) is 5.00. The Morgan fingerprint density at radius 3 is 2.84 bits per heavy atom. The zero-order valence-corrected chi connectivity index (χ0v) is 11.6. The number of hydrogen-bond acceptors (Lipinski definition) is 2. The Morgan fingerprint density at radius 1 is 1.32 bits per heavy atom. The van der Waals surface area contributed by atoms with Crippen molar-refractivity contribution in [3.05, 3.63) is 58.8 Å². The van der Waals surface area contributed by atoms with Crippen LogP contribution in [0.15, 0.2) is 41.0 Å². The first-order chi connectivity index (χ1) is 9.20. The third-order valence-electron chi connectivity index (χ3n) is 3.23. The maximum absolute atomic E-state index is 13.8. The molecule has 2 rings (SSSR count). The van der Waals surface area contributed by atoms with Crippen LogP contribution >= 0.6 is 11.6 Å². The molecule has 0 amide bonds. The lowest BCUT2D eigenvalue weighted by Gasteiger charge is -2.16. The van der Waals surface area contributed by atoms with Crippen molar-refractivity contribution in [2.45, 2.75) is 25.3 Å². The summed E-state index contributed by atoms with van der Waals surface area (Å²) in [6, 6.07) is 9.14. The van der Waals surface area contributed by atoms with E-state index in [2.05, 4.69) is 5.32 Å². The van der Waals surface area contributed by atoms with E-state index < -0.39 is 0 Å². The third kappa shape index (κ3) is 3.82. The fraction of sp³-hybridized carbons (Fsp3) is 0.333. The van der Waals surface area contributed by atoms with E-state index >= 15 is 0 Å². The van der Waals surface area contributed by atoms with Crippen molar-refractivity contribution < 1.29 is 8.81 Å². The first-order valence-electron chi connectivity index (χ1n) is 6.33. The van der Waals surface area contributed by atoms with Gasteiger partial charge in [0.15, 0.2) is 0 Å². The van der Waals surface area contributed by atoms with Crippen LogP contribution in [0.25, 0.3) is 0 Å². The zero-order chi connectivity index (χ0) is 13.7. The average molecular weight is 282 g/mol. The first kappa shape index (κ1) is 14.1. The number of furan rings is 1. The van der Waals surface area contributed by atoms with Crippen molar-refractivity contribution in [1.82, 2.24) is 5.32 Å². The smallest absolute Gasteiger partial charge is 0.145 e. The van der Waals surface area contributed by atoms with Crippen LogP contribution in [0.2, 0.25) is 5.02 Å². The van der Waals surface area contributed by atoms with Gasteiger partial charge in [0, 0.05) is 12.5 Å². The quantitative estimate of drug-likeness (QED) is 0.870. The summed E-state index contributed by atoms with van der Waals surface area (Å²) in [5.41, 5.74) is 0.645. The Hall–Kier alpha value is -1.32. The molecule has 1 aromatic carbocycles. The molecule has 0 fully saturated rings. The molecule has 0 aliphatic carbocycles. The van der Waals surface area contributed by atoms with Crippen LogP contribution in [0, 0.1) is 5.82 Å². The van der Waals surface area contributed by atoms with Crippen LogP contribution in [0.5, 0.6) is 0 Å². The van der Waals surface area contributed by atoms with Gasteiger partial charge in [0.2, 0.25) is 0 Å². The van der Waals surface area contributed by atoms with Crippen molar-refractivity contribution in [2.24, 2.45) is 0 Å². The predicted octanol–water partition coefficient (Wildman–Crippen LogP) is 3.84. The topological polar surface area (TPSA) is 25.2 Å². The van der Waals surface area contributed by atoms with Gasteiger partial charge in [-0.2, -0.15) is 0 Å². The second-order valence-electron chi connectivity index (χ2n) is 4.52. The van der Waals surface area contributed by atoms with Crippen molar-refractivity contribution in [2.75, 3.05) is 7.05 Å². The molecule has 0 radical (unpaired) electrons. The number of halogens is 2. The number of nitrogens with one attached hydrogen (secondary N) is 1. The molecule has 102 valence electrons. The molecule has 1 heterocycles. The van der Waals surface area contributed by atoms with Crippen molar-refractivity contribution >= 4 is 11.6 Å². The molecule has 1 unspecified atom stereocenters. The highest BCUT2D eigenvalue weighted by atomic mass is 35.5. The van der Waals surface area contributed by atoms with Crippen molar-refractivity contribution in [3.8, 4) is 0 Å². The molecule has 0 saturated heterocycles. The maximum Gasteiger partial charge on any atom is 0.145 e. The van der Waals surface area contributed by atoms with E-state index in [4.69, 9.17) is 16.0 Å². The number of aryl methyl sites for hydroxylation is 1. The number of benzene rings is 1. The number of hydrogen-bond donors (Lipinski definition) is 1. The minimum atomic E-state index is -0.317. The highest BCUT2D eigenvalue weighted by Gasteiger charge is 2.13. The summed E-state index contributed by atoms with van der Waals surface area (Å²) in [5, 5.41) is 3.39. The number of rotatable bonds is 6. The summed E-state index contributed by atoms with van der Waals surface area (Å²) >= 11 is 5.79. The Bertz CT molecular complexity index is 513. The molecule has 0 saturated carbocycles. The molecule has 4 heteroatoms. The summed E-state index contributed by atoms with van der Waals surface area (Å²) in [7, 11) is 1.88. The lowest BCUT2D eigenvalue weighted by Crippen LogP contribution is -2.28. The molecule has 1 aromatic heterocycles. The zero-order valence-electron chi connectivity index (χ0n) is 10.8. The standard InChI is InChI=1S/C15H17ClFNO/c1-18-12(7-8-13-5-3-9-19-13)10-11-4-2-6-14(16)15(11)17/h2-6,9,12,18H,7-8,10H2,1H3. The molecule has 0 bridgehead atoms. The highest BCUT2D eigenvalue weighted by molar-refractivity contribution is 6.30. The van der Waals surface area contributed by atoms with E-state index in [1.54, 1.807) is 24.5 Å². The minimum absolute atomic E-state index is 0.179. The van der Waals surface area contributed by atoms with E-state index in [9.17, 15) is 4.39 Å². The fourth-order valence-electron chi connectivity index (χ4n) is 2.09. The van der Waals surface area contributed by atoms with Gasteiger partial charge in [-0.25, -0.2) is 4.39 Å². The molecule has 1 N–H and O–H groups in total. The second-order valence-corrected chi connectivity index (χ2v) is 4.93. The fourth-order valence-corrected chi connectivity index (χ4v) is 2.29. The van der Waals surface area contributed by atoms with Crippen molar-refractivity contribution in [3.63, 3.8) is 0 Å². The monoisotopic (exact) mass is 281 g/mol. The normalized spacial score (nSPS) is 12.6. The van der Waals surface area contributed by atoms with Crippen LogP contribution in [0.1, 0.15) is 17.7 Å². The van der Waals surface area contributed by atoms with E-state index in [0.29, 0.717) is 12.0 Å². The van der Waals surface area contributed by atoms with Crippen LogP contribution in [0.3, 0.4) is 0 Å². The van der Waals surface area contributed by atoms with Crippen LogP contribution in [-0.2, 0) is 12.8 Å². The van der Waals surface area contributed by atoms with E-state index in [1.165, 1.54) is 0 Å². The van der Waals surface area contributed by atoms with Crippen LogP contribution < -0.4 is 5.32 Å². The van der Waals surface area contributed by atoms with Crippen LogP contribution in [-0.4, -0.2) is 13.1 Å². The van der Waals surface area contributed by atoms with Gasteiger partial charge >= 0.3 is 0 Å². The lowest BCUT2D eigenvalue weighted by molar-refractivity contribution is 0.456. The lowest BCUT2D eigenvalue weighted by atomic mass is 10.0. The third-order valence-corrected chi connectivity index (χ3v) is 3.52. The molecule has 1 atom stereocenters. The largest absolute Gasteiger partial charge is 0.469 e. The molecule has 0 aliphatic heterocycles. The minimum Gasteiger partial charge on any atom is -0.469 e. The van der Waals surface area contributed by atoms with Crippen molar-refractivity contribution in [1.29, 1.82) is 0 Å². The predicted molar refractivity (Wildman–Crippen MR) is 75.0 cm³/mol. The molecule has 19 heavy (non-hydrogen) atoms. The van der Waals surface area contributed by atoms with Gasteiger partial charge in [0.25, 0.3) is 0 Å². The molecule has 2 aromatic rings. The van der Waals surface area contributed by atoms with Gasteiger partial charge in [-0.05, 0) is 43.7 Å². The summed E-state index contributed by atoms with van der Waals surface area (Å²) in [5.74, 6) is 0.634. The SMILES string of the molecule is CNC(CCc1ccco1)Cc1cccc(Cl)c1F. The van der Waals surface area contributed by atoms with Gasteiger partial charge < -0.3 is 9.73 Å². The van der Waals surface area contributed by atoms with Crippen LogP contribution in [0.4, 0.5) is 4.39 Å². The summed E-state index contributed by atoms with van der Waals surface area (Å²) in [4.78, 5) is 0. The maximum atomic E-state index is 13.8. The molecular weight excluding hydrogens is 265 g/mol. The molecular formula is C15H17ClFNO. The molecule has 0 aliphatic rings. The average Bonchev–Trinajstić information content (AvgIpc) is 2.92. The highest BCUT2D eigenvalue weighted by Crippen LogP contribution is 2.20. The Labute approximate surface area is 117 Å². The summed E-state index contributed by atoms with van der Waals surface area (Å²) < 4.78 is 19.1. The van der Waals surface area contributed by atoms with Gasteiger partial charge in [-0.1, -0.05) is 23.7 Å². The van der Waals surface area contributed by atoms with E-state index in [0.717, 1.165) is 18.6 Å². The first-order valence-corrected chi connectivity index (χ1v) is 6.71. The van der Waals surface area contributed by atoms with Gasteiger partial charge in [-0.3, -0.25) is 0 Å². The Morgan fingerprint density at radius 2 is 2.16 bits per heavy atom. The summed E-state index contributed by atoms with van der Waals surface area (Å²) in [6.07, 6.45) is 4.00. The summed E-state index contributed by atoms with van der Waals surface area (Å²) in [6.45, 7) is 0. The van der Waals surface area contributed by atoms with E-state index in [1.807, 2.05) is 19.2 Å². The molecule has 2 nitrogen and oxygen atoms in total. The Balaban J connectivity index is 1.96. The van der Waals surface area contributed by atoms with Gasteiger partial charge in [0.05, 0.1) is 11.3 Å². The van der Waals surface area contributed by atoms with Gasteiger partial charge in [-0.15, -0.1) is 0 Å². The second kappa shape index (κ2) is 6.73. The van der Waals surface area contributed by atoms with Gasteiger partial charge in [0.1, 0.15) is 11.6 Å².